The van der Waals surface area contributed by atoms with Gasteiger partial charge in [0.25, 0.3) is 0 Å². The van der Waals surface area contributed by atoms with E-state index in [4.69, 9.17) is 0 Å². The van der Waals surface area contributed by atoms with Crippen molar-refractivity contribution in [2.45, 2.75) is 46.1 Å². The fourth-order valence-corrected chi connectivity index (χ4v) is 2.85. The molecular formula is C16H24N2O. The molecule has 0 fully saturated rings. The van der Waals surface area contributed by atoms with Gasteiger partial charge in [0.2, 0.25) is 5.91 Å². The highest BCUT2D eigenvalue weighted by Crippen LogP contribution is 2.32. The number of anilines is 1. The highest BCUT2D eigenvalue weighted by molar-refractivity contribution is 5.94. The zero-order valence-electron chi connectivity index (χ0n) is 12.2. The van der Waals surface area contributed by atoms with Crippen molar-refractivity contribution in [1.82, 2.24) is 5.32 Å². The Labute approximate surface area is 116 Å². The summed E-state index contributed by atoms with van der Waals surface area (Å²) in [6.07, 6.45) is 3.21. The number of amides is 1. The zero-order valence-corrected chi connectivity index (χ0v) is 12.2. The van der Waals surface area contributed by atoms with E-state index in [0.29, 0.717) is 6.04 Å². The standard InChI is InChI=1S/C16H24N2O/c1-4-8-17-9-7-14-5-6-16-15(11-14)10-12(2)18(16)13(3)19/h5-6,11-12,17H,4,7-10H2,1-3H3. The molecule has 1 aliphatic rings. The molecule has 2 rings (SSSR count). The number of carbonyl (C=O) groups excluding carboxylic acids is 1. The van der Waals surface area contributed by atoms with Gasteiger partial charge in [0.1, 0.15) is 0 Å². The molecule has 0 aliphatic carbocycles. The molecule has 3 heteroatoms. The van der Waals surface area contributed by atoms with Gasteiger partial charge in [-0.3, -0.25) is 4.79 Å². The summed E-state index contributed by atoms with van der Waals surface area (Å²) in [4.78, 5) is 13.6. The Balaban J connectivity index is 2.05. The summed E-state index contributed by atoms with van der Waals surface area (Å²) in [6.45, 7) is 8.05. The number of benzene rings is 1. The minimum Gasteiger partial charge on any atom is -0.316 e. The van der Waals surface area contributed by atoms with E-state index in [1.54, 1.807) is 6.92 Å². The molecule has 1 heterocycles. The second-order valence-electron chi connectivity index (χ2n) is 5.41. The van der Waals surface area contributed by atoms with Gasteiger partial charge < -0.3 is 10.2 Å². The first-order valence-electron chi connectivity index (χ1n) is 7.25. The molecule has 19 heavy (non-hydrogen) atoms. The highest BCUT2D eigenvalue weighted by atomic mass is 16.2. The smallest absolute Gasteiger partial charge is 0.224 e. The molecule has 0 radical (unpaired) electrons. The minimum atomic E-state index is 0.142. The average molecular weight is 260 g/mol. The molecule has 1 aromatic rings. The maximum Gasteiger partial charge on any atom is 0.224 e. The predicted octanol–water partition coefficient (Wildman–Crippen LogP) is 2.53. The summed E-state index contributed by atoms with van der Waals surface area (Å²) >= 11 is 0. The summed E-state index contributed by atoms with van der Waals surface area (Å²) in [7, 11) is 0. The van der Waals surface area contributed by atoms with Crippen molar-refractivity contribution in [2.75, 3.05) is 18.0 Å². The van der Waals surface area contributed by atoms with Crippen LogP contribution in [0, 0.1) is 0 Å². The van der Waals surface area contributed by atoms with Crippen molar-refractivity contribution in [3.63, 3.8) is 0 Å². The lowest BCUT2D eigenvalue weighted by Crippen LogP contribution is -2.33. The lowest BCUT2D eigenvalue weighted by atomic mass is 10.0. The van der Waals surface area contributed by atoms with E-state index >= 15 is 0 Å². The first kappa shape index (κ1) is 14.1. The molecule has 104 valence electrons. The van der Waals surface area contributed by atoms with E-state index in [0.717, 1.165) is 31.6 Å². The van der Waals surface area contributed by atoms with E-state index in [1.165, 1.54) is 17.5 Å². The van der Waals surface area contributed by atoms with Gasteiger partial charge in [0, 0.05) is 18.7 Å². The van der Waals surface area contributed by atoms with Crippen LogP contribution in [0.25, 0.3) is 0 Å². The second kappa shape index (κ2) is 6.20. The SMILES string of the molecule is CCCNCCc1ccc2c(c1)CC(C)N2C(C)=O. The number of hydrogen-bond donors (Lipinski definition) is 1. The minimum absolute atomic E-state index is 0.142. The Morgan fingerprint density at radius 3 is 2.89 bits per heavy atom. The number of fused-ring (bicyclic) bond motifs is 1. The lowest BCUT2D eigenvalue weighted by Gasteiger charge is -2.20. The molecule has 0 spiro atoms. The fraction of sp³-hybridized carbons (Fsp3) is 0.562. The van der Waals surface area contributed by atoms with Crippen LogP contribution < -0.4 is 10.2 Å². The molecular weight excluding hydrogens is 236 g/mol. The number of rotatable bonds is 5. The molecule has 1 unspecified atom stereocenters. The lowest BCUT2D eigenvalue weighted by molar-refractivity contribution is -0.116. The zero-order chi connectivity index (χ0) is 13.8. The summed E-state index contributed by atoms with van der Waals surface area (Å²) in [5.74, 6) is 0.142. The number of hydrogen-bond acceptors (Lipinski definition) is 2. The quantitative estimate of drug-likeness (QED) is 0.825. The van der Waals surface area contributed by atoms with Crippen LogP contribution in [-0.4, -0.2) is 25.0 Å². The molecule has 0 bridgehead atoms. The van der Waals surface area contributed by atoms with Gasteiger partial charge in [-0.15, -0.1) is 0 Å². The molecule has 0 saturated carbocycles. The van der Waals surface area contributed by atoms with Crippen molar-refractivity contribution < 1.29 is 4.79 Å². The van der Waals surface area contributed by atoms with Gasteiger partial charge in [0.05, 0.1) is 0 Å². The van der Waals surface area contributed by atoms with Gasteiger partial charge in [0.15, 0.2) is 0 Å². The van der Waals surface area contributed by atoms with Crippen LogP contribution in [0.3, 0.4) is 0 Å². The third kappa shape index (κ3) is 3.16. The van der Waals surface area contributed by atoms with Crippen molar-refractivity contribution in [1.29, 1.82) is 0 Å². The highest BCUT2D eigenvalue weighted by Gasteiger charge is 2.28. The Hall–Kier alpha value is -1.35. The van der Waals surface area contributed by atoms with Crippen LogP contribution in [0.15, 0.2) is 18.2 Å². The van der Waals surface area contributed by atoms with Gasteiger partial charge in [-0.05, 0) is 56.5 Å². The topological polar surface area (TPSA) is 32.3 Å². The maximum absolute atomic E-state index is 11.7. The monoisotopic (exact) mass is 260 g/mol. The average Bonchev–Trinajstić information content (AvgIpc) is 2.69. The van der Waals surface area contributed by atoms with Crippen LogP contribution in [0.4, 0.5) is 5.69 Å². The largest absolute Gasteiger partial charge is 0.316 e. The fourth-order valence-electron chi connectivity index (χ4n) is 2.85. The Bertz CT molecular complexity index is 456. The normalized spacial score (nSPS) is 17.6. The summed E-state index contributed by atoms with van der Waals surface area (Å²) < 4.78 is 0. The van der Waals surface area contributed by atoms with Crippen molar-refractivity contribution in [3.05, 3.63) is 29.3 Å². The van der Waals surface area contributed by atoms with Crippen molar-refractivity contribution in [3.8, 4) is 0 Å². The van der Waals surface area contributed by atoms with E-state index in [1.807, 2.05) is 4.90 Å². The Kier molecular flexibility index (Phi) is 4.59. The predicted molar refractivity (Wildman–Crippen MR) is 79.6 cm³/mol. The summed E-state index contributed by atoms with van der Waals surface area (Å²) in [5.41, 5.74) is 3.78. The van der Waals surface area contributed by atoms with Crippen molar-refractivity contribution >= 4 is 11.6 Å². The molecule has 0 aromatic heterocycles. The van der Waals surface area contributed by atoms with Gasteiger partial charge in [-0.1, -0.05) is 19.1 Å². The molecule has 1 aromatic carbocycles. The molecule has 3 nitrogen and oxygen atoms in total. The molecule has 0 saturated heterocycles. The van der Waals surface area contributed by atoms with E-state index in [2.05, 4.69) is 37.4 Å². The third-order valence-electron chi connectivity index (χ3n) is 3.72. The molecule has 1 amide bonds. The first-order valence-corrected chi connectivity index (χ1v) is 7.25. The van der Waals surface area contributed by atoms with E-state index < -0.39 is 0 Å². The first-order chi connectivity index (χ1) is 9.13. The number of carbonyl (C=O) groups is 1. The van der Waals surface area contributed by atoms with Crippen molar-refractivity contribution in [2.24, 2.45) is 0 Å². The Morgan fingerprint density at radius 2 is 2.21 bits per heavy atom. The Morgan fingerprint density at radius 1 is 1.42 bits per heavy atom. The number of nitrogens with zero attached hydrogens (tertiary/aromatic N) is 1. The number of nitrogens with one attached hydrogen (secondary N) is 1. The second-order valence-corrected chi connectivity index (χ2v) is 5.41. The van der Waals surface area contributed by atoms with Gasteiger partial charge >= 0.3 is 0 Å². The maximum atomic E-state index is 11.7. The summed E-state index contributed by atoms with van der Waals surface area (Å²) in [6, 6.07) is 6.82. The van der Waals surface area contributed by atoms with Crippen LogP contribution >= 0.6 is 0 Å². The van der Waals surface area contributed by atoms with E-state index in [9.17, 15) is 4.79 Å². The van der Waals surface area contributed by atoms with Crippen LogP contribution in [0.5, 0.6) is 0 Å². The van der Waals surface area contributed by atoms with Crippen LogP contribution in [-0.2, 0) is 17.6 Å². The third-order valence-corrected chi connectivity index (χ3v) is 3.72. The van der Waals surface area contributed by atoms with Gasteiger partial charge in [-0.2, -0.15) is 0 Å². The van der Waals surface area contributed by atoms with Crippen LogP contribution in [0.2, 0.25) is 0 Å². The van der Waals surface area contributed by atoms with E-state index in [-0.39, 0.29) is 5.91 Å². The molecule has 1 atom stereocenters. The van der Waals surface area contributed by atoms with Crippen LogP contribution in [0.1, 0.15) is 38.3 Å². The molecule has 1 N–H and O–H groups in total. The van der Waals surface area contributed by atoms with Gasteiger partial charge in [-0.25, -0.2) is 0 Å². The summed E-state index contributed by atoms with van der Waals surface area (Å²) in [5, 5.41) is 3.42. The molecule has 1 aliphatic heterocycles.